The van der Waals surface area contributed by atoms with Crippen LogP contribution >= 0.6 is 11.3 Å². The van der Waals surface area contributed by atoms with Gasteiger partial charge in [0.25, 0.3) is 5.91 Å². The second-order valence-electron chi connectivity index (χ2n) is 10.7. The van der Waals surface area contributed by atoms with E-state index in [2.05, 4.69) is 28.1 Å². The van der Waals surface area contributed by atoms with E-state index >= 15 is 4.39 Å². The lowest BCUT2D eigenvalue weighted by atomic mass is 9.91. The molecule has 6 rings (SSSR count). The number of allylic oxidation sites excluding steroid dienone is 1. The van der Waals surface area contributed by atoms with Gasteiger partial charge in [0.1, 0.15) is 34.2 Å². The van der Waals surface area contributed by atoms with Crippen molar-refractivity contribution in [3.05, 3.63) is 82.3 Å². The molecule has 0 radical (unpaired) electrons. The number of ether oxygens (including phenoxy) is 2. The lowest BCUT2D eigenvalue weighted by Crippen LogP contribution is -2.35. The fourth-order valence-corrected chi connectivity index (χ4v) is 6.38. The summed E-state index contributed by atoms with van der Waals surface area (Å²) in [5, 5.41) is 5.02. The summed E-state index contributed by atoms with van der Waals surface area (Å²) in [5.74, 6) is -0.342. The predicted octanol–water partition coefficient (Wildman–Crippen LogP) is 4.87. The quantitative estimate of drug-likeness (QED) is 0.321. The Balaban J connectivity index is 1.22. The van der Waals surface area contributed by atoms with E-state index in [-0.39, 0.29) is 22.6 Å². The van der Waals surface area contributed by atoms with Crippen LogP contribution in [0, 0.1) is 5.82 Å². The summed E-state index contributed by atoms with van der Waals surface area (Å²) < 4.78 is 31.5. The topological polar surface area (TPSA) is 100 Å². The second kappa shape index (κ2) is 11.1. The molecular weight excluding hydrogens is 543 g/mol. The van der Waals surface area contributed by atoms with Crippen LogP contribution in [0.25, 0.3) is 11.1 Å². The van der Waals surface area contributed by atoms with E-state index in [4.69, 9.17) is 15.2 Å². The van der Waals surface area contributed by atoms with Crippen LogP contribution in [0.3, 0.4) is 0 Å². The van der Waals surface area contributed by atoms with Gasteiger partial charge < -0.3 is 20.1 Å². The number of fused-ring (bicyclic) bond motifs is 1. The molecule has 1 aliphatic heterocycles. The molecule has 1 aromatic carbocycles. The minimum absolute atomic E-state index is 0.0251. The molecule has 9 nitrogen and oxygen atoms in total. The molecule has 3 aromatic heterocycles. The summed E-state index contributed by atoms with van der Waals surface area (Å²) in [6.07, 6.45) is 11.6. The van der Waals surface area contributed by atoms with Crippen LogP contribution < -0.4 is 15.2 Å². The van der Waals surface area contributed by atoms with Gasteiger partial charge in [-0.15, -0.1) is 11.3 Å². The Labute approximate surface area is 242 Å². The highest BCUT2D eigenvalue weighted by atomic mass is 32.1. The van der Waals surface area contributed by atoms with Gasteiger partial charge in [-0.3, -0.25) is 14.0 Å². The van der Waals surface area contributed by atoms with Gasteiger partial charge in [0.2, 0.25) is 0 Å². The van der Waals surface area contributed by atoms with E-state index in [1.807, 2.05) is 30.1 Å². The van der Waals surface area contributed by atoms with Crippen LogP contribution in [0.1, 0.15) is 64.0 Å². The maximum atomic E-state index is 15.6. The molecule has 0 bridgehead atoms. The number of halogens is 1. The summed E-state index contributed by atoms with van der Waals surface area (Å²) in [7, 11) is 3.98. The predicted molar refractivity (Wildman–Crippen MR) is 155 cm³/mol. The van der Waals surface area contributed by atoms with Crippen LogP contribution in [0.5, 0.6) is 11.5 Å². The number of carbonyl (C=O) groups is 1. The van der Waals surface area contributed by atoms with Crippen molar-refractivity contribution in [3.8, 4) is 16.5 Å². The van der Waals surface area contributed by atoms with E-state index in [0.29, 0.717) is 11.3 Å². The number of aromatic nitrogens is 4. The second-order valence-corrected chi connectivity index (χ2v) is 11.8. The third-order valence-corrected chi connectivity index (χ3v) is 8.91. The van der Waals surface area contributed by atoms with Gasteiger partial charge >= 0.3 is 0 Å². The number of piperidine rings is 1. The van der Waals surface area contributed by atoms with Crippen molar-refractivity contribution in [1.29, 1.82) is 0 Å². The van der Waals surface area contributed by atoms with Crippen LogP contribution in [0.4, 0.5) is 4.39 Å². The average Bonchev–Trinajstić information content (AvgIpc) is 3.69. The Morgan fingerprint density at radius 3 is 2.76 bits per heavy atom. The van der Waals surface area contributed by atoms with E-state index in [9.17, 15) is 4.79 Å². The zero-order valence-electron chi connectivity index (χ0n) is 23.3. The third kappa shape index (κ3) is 5.51. The Hall–Kier alpha value is -3.96. The SMILES string of the molecule is C[C@@H](Oc1cc(-n2cnc3c2C=CC(c2cnn(C)c2)C3)sc1C(N)=O)c1cccc(OC2CCN(C)CC2)c1F. The number of amides is 1. The van der Waals surface area contributed by atoms with Gasteiger partial charge in [-0.25, -0.2) is 9.37 Å². The van der Waals surface area contributed by atoms with E-state index in [1.165, 1.54) is 11.3 Å². The van der Waals surface area contributed by atoms with E-state index in [1.54, 1.807) is 42.2 Å². The first-order valence-corrected chi connectivity index (χ1v) is 14.6. The van der Waals surface area contributed by atoms with Gasteiger partial charge in [-0.1, -0.05) is 18.2 Å². The molecule has 4 aromatic rings. The number of imidazole rings is 1. The summed E-state index contributed by atoms with van der Waals surface area (Å²) in [5.41, 5.74) is 9.11. The van der Waals surface area contributed by atoms with Crippen LogP contribution in [-0.2, 0) is 13.5 Å². The molecule has 41 heavy (non-hydrogen) atoms. The highest BCUT2D eigenvalue weighted by Gasteiger charge is 2.26. The van der Waals surface area contributed by atoms with Crippen molar-refractivity contribution in [1.82, 2.24) is 24.2 Å². The van der Waals surface area contributed by atoms with Crippen molar-refractivity contribution in [2.45, 2.75) is 44.3 Å². The zero-order chi connectivity index (χ0) is 28.7. The van der Waals surface area contributed by atoms with Crippen LogP contribution in [-0.4, -0.2) is 56.4 Å². The smallest absolute Gasteiger partial charge is 0.262 e. The lowest BCUT2D eigenvalue weighted by Gasteiger charge is -2.29. The Morgan fingerprint density at radius 1 is 1.22 bits per heavy atom. The summed E-state index contributed by atoms with van der Waals surface area (Å²) in [6, 6.07) is 6.85. The number of thiophene rings is 1. The third-order valence-electron chi connectivity index (χ3n) is 7.78. The number of carbonyl (C=O) groups excluding carboxylic acids is 1. The molecule has 1 fully saturated rings. The normalized spacial score (nSPS) is 18.3. The number of nitrogens with zero attached hydrogens (tertiary/aromatic N) is 5. The fourth-order valence-electron chi connectivity index (χ4n) is 5.46. The molecule has 11 heteroatoms. The average molecular weight is 577 g/mol. The first-order valence-electron chi connectivity index (χ1n) is 13.7. The largest absolute Gasteiger partial charge is 0.487 e. The molecule has 1 aliphatic carbocycles. The number of primary amides is 1. The number of hydrogen-bond donors (Lipinski definition) is 1. The van der Waals surface area contributed by atoms with E-state index < -0.39 is 17.8 Å². The van der Waals surface area contributed by atoms with Crippen molar-refractivity contribution < 1.29 is 18.7 Å². The Morgan fingerprint density at radius 2 is 2.02 bits per heavy atom. The van der Waals surface area contributed by atoms with Gasteiger partial charge in [0.05, 0.1) is 17.6 Å². The van der Waals surface area contributed by atoms with Gasteiger partial charge in [-0.2, -0.15) is 5.10 Å². The summed E-state index contributed by atoms with van der Waals surface area (Å²) in [6.45, 7) is 3.59. The first kappa shape index (κ1) is 27.2. The molecule has 0 spiro atoms. The fraction of sp³-hybridized carbons (Fsp3) is 0.367. The Bertz CT molecular complexity index is 1600. The van der Waals surface area contributed by atoms with Gasteiger partial charge in [0, 0.05) is 50.3 Å². The van der Waals surface area contributed by atoms with Crippen molar-refractivity contribution >= 4 is 23.3 Å². The van der Waals surface area contributed by atoms with Crippen LogP contribution in [0.2, 0.25) is 0 Å². The maximum Gasteiger partial charge on any atom is 0.262 e. The number of likely N-dealkylation sites (tertiary alicyclic amines) is 1. The summed E-state index contributed by atoms with van der Waals surface area (Å²) in [4.78, 5) is 19.5. The number of hydrogen-bond acceptors (Lipinski definition) is 7. The van der Waals surface area contributed by atoms with Gasteiger partial charge in [0.15, 0.2) is 11.6 Å². The molecule has 4 heterocycles. The highest BCUT2D eigenvalue weighted by molar-refractivity contribution is 7.16. The Kier molecular flexibility index (Phi) is 7.39. The molecule has 2 atom stereocenters. The number of nitrogens with two attached hydrogens (primary N) is 1. The van der Waals surface area contributed by atoms with Crippen LogP contribution in [0.15, 0.2) is 49.1 Å². The first-order chi connectivity index (χ1) is 19.8. The highest BCUT2D eigenvalue weighted by Crippen LogP contribution is 2.38. The number of benzene rings is 1. The van der Waals surface area contributed by atoms with Crippen molar-refractivity contribution in [3.63, 3.8) is 0 Å². The van der Waals surface area contributed by atoms with Gasteiger partial charge in [-0.05, 0) is 44.5 Å². The molecular formula is C30H33FN6O3S. The molecule has 2 aliphatic rings. The molecule has 1 unspecified atom stereocenters. The molecule has 1 saturated heterocycles. The standard InChI is InChI=1S/C30H33FN6O3S/c1-18(22-5-4-6-25(28(22)31)40-21-9-11-35(2)12-10-21)39-26-14-27(41-29(26)30(32)38)37-17-33-23-13-19(7-8-24(23)37)20-15-34-36(3)16-20/h4-8,14-19,21H,9-13H2,1-3H3,(H2,32,38)/t18-,19?/m1/s1. The summed E-state index contributed by atoms with van der Waals surface area (Å²) >= 11 is 1.22. The lowest BCUT2D eigenvalue weighted by molar-refractivity contribution is 0.0997. The van der Waals surface area contributed by atoms with Crippen molar-refractivity contribution in [2.75, 3.05) is 20.1 Å². The molecule has 0 saturated carbocycles. The molecule has 2 N–H and O–H groups in total. The number of rotatable bonds is 8. The van der Waals surface area contributed by atoms with Crippen molar-refractivity contribution in [2.24, 2.45) is 12.8 Å². The minimum Gasteiger partial charge on any atom is -0.487 e. The minimum atomic E-state index is -0.687. The van der Waals surface area contributed by atoms with E-state index in [0.717, 1.165) is 54.3 Å². The molecule has 214 valence electrons. The number of aryl methyl sites for hydroxylation is 1. The zero-order valence-corrected chi connectivity index (χ0v) is 24.1. The monoisotopic (exact) mass is 576 g/mol. The maximum absolute atomic E-state index is 15.6. The molecule has 1 amide bonds.